The Balaban J connectivity index is 1.49. The lowest BCUT2D eigenvalue weighted by molar-refractivity contribution is 0.0677. The average Bonchev–Trinajstić information content (AvgIpc) is 3.31. The zero-order chi connectivity index (χ0) is 18.4. The molecule has 1 aliphatic heterocycles. The zero-order valence-electron chi connectivity index (χ0n) is 15.5. The van der Waals surface area contributed by atoms with Gasteiger partial charge in [-0.2, -0.15) is 11.3 Å². The SMILES string of the molecule is CCNC(=NCC(C)(O)c1ccsc1)NCCN1CCc2sccc2C1. The van der Waals surface area contributed by atoms with Crippen molar-refractivity contribution in [1.29, 1.82) is 0 Å². The van der Waals surface area contributed by atoms with E-state index in [4.69, 9.17) is 0 Å². The fourth-order valence-corrected chi connectivity index (χ4v) is 4.74. The molecule has 0 aromatic carbocycles. The van der Waals surface area contributed by atoms with E-state index in [1.165, 1.54) is 5.56 Å². The summed E-state index contributed by atoms with van der Waals surface area (Å²) in [6.45, 7) is 8.99. The first-order valence-electron chi connectivity index (χ1n) is 9.13. The number of aliphatic imine (C=N–C) groups is 1. The third-order valence-electron chi connectivity index (χ3n) is 4.64. The van der Waals surface area contributed by atoms with E-state index in [0.717, 1.165) is 50.7 Å². The van der Waals surface area contributed by atoms with Crippen LogP contribution in [0.5, 0.6) is 0 Å². The summed E-state index contributed by atoms with van der Waals surface area (Å²) in [6, 6.07) is 4.20. The minimum absolute atomic E-state index is 0.334. The van der Waals surface area contributed by atoms with Crippen molar-refractivity contribution in [2.24, 2.45) is 4.99 Å². The van der Waals surface area contributed by atoms with E-state index in [1.807, 2.05) is 35.1 Å². The fraction of sp³-hybridized carbons (Fsp3) is 0.526. The Bertz CT molecular complexity index is 709. The quantitative estimate of drug-likeness (QED) is 0.501. The standard InChI is InChI=1S/C19H28N4OS2/c1-3-20-18(22-14-19(2,24)16-6-10-25-13-16)21-7-9-23-8-4-17-15(12-23)5-11-26-17/h5-6,10-11,13,24H,3-4,7-9,12,14H2,1-2H3,(H2,20,21,22). The van der Waals surface area contributed by atoms with Crippen LogP contribution in [-0.2, 0) is 18.6 Å². The molecule has 0 fully saturated rings. The molecule has 0 spiro atoms. The van der Waals surface area contributed by atoms with Gasteiger partial charge in [-0.05, 0) is 59.7 Å². The molecule has 3 heterocycles. The van der Waals surface area contributed by atoms with Gasteiger partial charge in [0.25, 0.3) is 0 Å². The number of fused-ring (bicyclic) bond motifs is 1. The van der Waals surface area contributed by atoms with Gasteiger partial charge in [-0.1, -0.05) is 0 Å². The molecular weight excluding hydrogens is 364 g/mol. The molecule has 2 aromatic rings. The molecule has 1 unspecified atom stereocenters. The summed E-state index contributed by atoms with van der Waals surface area (Å²) in [7, 11) is 0. The van der Waals surface area contributed by atoms with Gasteiger partial charge in [0, 0.05) is 37.6 Å². The third-order valence-corrected chi connectivity index (χ3v) is 6.35. The van der Waals surface area contributed by atoms with Crippen LogP contribution in [0.1, 0.15) is 29.9 Å². The maximum atomic E-state index is 10.6. The number of nitrogens with one attached hydrogen (secondary N) is 2. The highest BCUT2D eigenvalue weighted by Crippen LogP contribution is 2.24. The summed E-state index contributed by atoms with van der Waals surface area (Å²) in [4.78, 5) is 8.60. The third kappa shape index (κ3) is 5.07. The second-order valence-corrected chi connectivity index (χ2v) is 8.58. The predicted molar refractivity (Wildman–Crippen MR) is 111 cm³/mol. The van der Waals surface area contributed by atoms with Crippen molar-refractivity contribution in [2.45, 2.75) is 32.4 Å². The second kappa shape index (κ2) is 8.99. The minimum Gasteiger partial charge on any atom is -0.383 e. The van der Waals surface area contributed by atoms with E-state index in [-0.39, 0.29) is 0 Å². The molecule has 26 heavy (non-hydrogen) atoms. The first-order valence-corrected chi connectivity index (χ1v) is 11.0. The van der Waals surface area contributed by atoms with Gasteiger partial charge in [0.15, 0.2) is 5.96 Å². The Hall–Kier alpha value is -1.41. The van der Waals surface area contributed by atoms with Gasteiger partial charge in [0.1, 0.15) is 5.60 Å². The molecule has 7 heteroatoms. The monoisotopic (exact) mass is 392 g/mol. The van der Waals surface area contributed by atoms with Crippen molar-refractivity contribution in [3.05, 3.63) is 44.3 Å². The lowest BCUT2D eigenvalue weighted by Gasteiger charge is -2.27. The summed E-state index contributed by atoms with van der Waals surface area (Å²) < 4.78 is 0. The van der Waals surface area contributed by atoms with Crippen molar-refractivity contribution in [1.82, 2.24) is 15.5 Å². The molecule has 2 aromatic heterocycles. The number of thiophene rings is 2. The van der Waals surface area contributed by atoms with Crippen molar-refractivity contribution in [3.8, 4) is 0 Å². The van der Waals surface area contributed by atoms with Gasteiger partial charge in [0.2, 0.25) is 0 Å². The molecule has 142 valence electrons. The molecule has 0 amide bonds. The second-order valence-electron chi connectivity index (χ2n) is 6.80. The largest absolute Gasteiger partial charge is 0.383 e. The first kappa shape index (κ1) is 19.4. The Kier molecular flexibility index (Phi) is 6.69. The zero-order valence-corrected chi connectivity index (χ0v) is 17.1. The summed E-state index contributed by atoms with van der Waals surface area (Å²) in [5.74, 6) is 0.760. The molecule has 0 bridgehead atoms. The average molecular weight is 393 g/mol. The van der Waals surface area contributed by atoms with Crippen molar-refractivity contribution in [2.75, 3.05) is 32.7 Å². The fourth-order valence-electron chi connectivity index (χ4n) is 3.07. The highest BCUT2D eigenvalue weighted by molar-refractivity contribution is 7.10. The van der Waals surface area contributed by atoms with E-state index in [0.29, 0.717) is 6.54 Å². The predicted octanol–water partition coefficient (Wildman–Crippen LogP) is 2.63. The van der Waals surface area contributed by atoms with E-state index in [1.54, 1.807) is 16.2 Å². The molecular formula is C19H28N4OS2. The highest BCUT2D eigenvalue weighted by Gasteiger charge is 2.23. The molecule has 1 atom stereocenters. The van der Waals surface area contributed by atoms with Gasteiger partial charge in [-0.25, -0.2) is 4.99 Å². The van der Waals surface area contributed by atoms with Crippen LogP contribution in [0.4, 0.5) is 0 Å². The number of hydrogen-bond acceptors (Lipinski definition) is 5. The van der Waals surface area contributed by atoms with Gasteiger partial charge < -0.3 is 15.7 Å². The molecule has 0 radical (unpaired) electrons. The first-order chi connectivity index (χ1) is 12.6. The van der Waals surface area contributed by atoms with Crippen LogP contribution in [0.15, 0.2) is 33.3 Å². The molecule has 0 saturated carbocycles. The number of aliphatic hydroxyl groups is 1. The van der Waals surface area contributed by atoms with Crippen LogP contribution in [0.2, 0.25) is 0 Å². The lowest BCUT2D eigenvalue weighted by atomic mass is 10.00. The highest BCUT2D eigenvalue weighted by atomic mass is 32.1. The maximum Gasteiger partial charge on any atom is 0.191 e. The van der Waals surface area contributed by atoms with Crippen LogP contribution in [0, 0.1) is 0 Å². The number of nitrogens with zero attached hydrogens (tertiary/aromatic N) is 2. The summed E-state index contributed by atoms with van der Waals surface area (Å²) in [5.41, 5.74) is 1.46. The summed E-state index contributed by atoms with van der Waals surface area (Å²) in [6.07, 6.45) is 1.16. The number of guanidine groups is 1. The Morgan fingerprint density at radius 3 is 3.00 bits per heavy atom. The van der Waals surface area contributed by atoms with Crippen molar-refractivity contribution < 1.29 is 5.11 Å². The van der Waals surface area contributed by atoms with E-state index in [2.05, 4.69) is 38.9 Å². The van der Waals surface area contributed by atoms with Crippen LogP contribution in [0.3, 0.4) is 0 Å². The van der Waals surface area contributed by atoms with Crippen LogP contribution < -0.4 is 10.6 Å². The maximum absolute atomic E-state index is 10.6. The smallest absolute Gasteiger partial charge is 0.191 e. The summed E-state index contributed by atoms with van der Waals surface area (Å²) >= 11 is 3.47. The Labute approximate surface area is 163 Å². The molecule has 5 nitrogen and oxygen atoms in total. The molecule has 0 saturated heterocycles. The topological polar surface area (TPSA) is 59.9 Å². The van der Waals surface area contributed by atoms with Crippen LogP contribution >= 0.6 is 22.7 Å². The molecule has 3 N–H and O–H groups in total. The Morgan fingerprint density at radius 1 is 1.35 bits per heavy atom. The molecule has 3 rings (SSSR count). The van der Waals surface area contributed by atoms with Gasteiger partial charge >= 0.3 is 0 Å². The van der Waals surface area contributed by atoms with Gasteiger partial charge in [-0.15, -0.1) is 11.3 Å². The van der Waals surface area contributed by atoms with E-state index >= 15 is 0 Å². The molecule has 0 aliphatic carbocycles. The minimum atomic E-state index is -0.940. The van der Waals surface area contributed by atoms with Gasteiger partial charge in [-0.3, -0.25) is 4.90 Å². The number of hydrogen-bond donors (Lipinski definition) is 3. The van der Waals surface area contributed by atoms with Crippen molar-refractivity contribution in [3.63, 3.8) is 0 Å². The summed E-state index contributed by atoms with van der Waals surface area (Å²) in [5, 5.41) is 23.4. The van der Waals surface area contributed by atoms with Crippen LogP contribution in [-0.4, -0.2) is 48.7 Å². The lowest BCUT2D eigenvalue weighted by Crippen LogP contribution is -2.43. The van der Waals surface area contributed by atoms with Crippen LogP contribution in [0.25, 0.3) is 0 Å². The Morgan fingerprint density at radius 2 is 2.23 bits per heavy atom. The van der Waals surface area contributed by atoms with E-state index < -0.39 is 5.60 Å². The van der Waals surface area contributed by atoms with Crippen molar-refractivity contribution >= 4 is 28.6 Å². The van der Waals surface area contributed by atoms with Gasteiger partial charge in [0.05, 0.1) is 6.54 Å². The molecule has 1 aliphatic rings. The number of rotatable bonds is 7. The normalized spacial score (nSPS) is 17.6. The van der Waals surface area contributed by atoms with E-state index in [9.17, 15) is 5.11 Å².